The maximum Gasteiger partial charge on any atom is -0.0241 e. The molecule has 0 nitrogen and oxygen atoms in total. The van der Waals surface area contributed by atoms with E-state index in [-0.39, 0.29) is 0 Å². The molecule has 0 heteroatoms. The van der Waals surface area contributed by atoms with Crippen LogP contribution in [0.4, 0.5) is 0 Å². The predicted octanol–water partition coefficient (Wildman–Crippen LogP) is 11.8. The molecule has 200 valence electrons. The molecule has 6 atom stereocenters. The molecule has 0 saturated heterocycles. The van der Waals surface area contributed by atoms with Gasteiger partial charge in [-0.25, -0.2) is 0 Å². The largest absolute Gasteiger partial charge is 0.0651 e. The molecular weight excluding hydrogens is 396 g/mol. The van der Waals surface area contributed by atoms with Gasteiger partial charge in [0.15, 0.2) is 0 Å². The Morgan fingerprint density at radius 2 is 0.970 bits per heavy atom. The van der Waals surface area contributed by atoms with Crippen molar-refractivity contribution in [1.29, 1.82) is 0 Å². The van der Waals surface area contributed by atoms with Crippen LogP contribution in [-0.2, 0) is 0 Å². The lowest BCUT2D eigenvalue weighted by Gasteiger charge is -2.57. The molecule has 0 aliphatic heterocycles. The first-order valence-corrected chi connectivity index (χ1v) is 14.9. The Kier molecular flexibility index (Phi) is 12.3. The van der Waals surface area contributed by atoms with Crippen molar-refractivity contribution in [2.45, 2.75) is 162 Å². The van der Waals surface area contributed by atoms with Gasteiger partial charge in [-0.2, -0.15) is 0 Å². The summed E-state index contributed by atoms with van der Waals surface area (Å²) in [4.78, 5) is 0. The molecule has 0 aliphatic carbocycles. The van der Waals surface area contributed by atoms with Crippen molar-refractivity contribution in [2.75, 3.05) is 0 Å². The maximum atomic E-state index is 2.65. The first kappa shape index (κ1) is 33.0. The van der Waals surface area contributed by atoms with E-state index in [0.29, 0.717) is 27.1 Å². The van der Waals surface area contributed by atoms with Crippen LogP contribution in [0.1, 0.15) is 162 Å². The van der Waals surface area contributed by atoms with Crippen molar-refractivity contribution in [2.24, 2.45) is 50.7 Å². The molecule has 0 spiro atoms. The average Bonchev–Trinajstić information content (AvgIpc) is 2.76. The maximum absolute atomic E-state index is 2.65. The van der Waals surface area contributed by atoms with Gasteiger partial charge in [0.2, 0.25) is 0 Å². The van der Waals surface area contributed by atoms with Gasteiger partial charge in [-0.3, -0.25) is 0 Å². The van der Waals surface area contributed by atoms with Crippen molar-refractivity contribution in [3.63, 3.8) is 0 Å². The molecule has 0 radical (unpaired) electrons. The molecule has 0 fully saturated rings. The number of hydrogen-bond donors (Lipinski definition) is 0. The summed E-state index contributed by atoms with van der Waals surface area (Å²) in [6.07, 6.45) is 10.4. The molecule has 0 aromatic carbocycles. The third-order valence-corrected chi connectivity index (χ3v) is 12.6. The van der Waals surface area contributed by atoms with Gasteiger partial charge in [-0.15, -0.1) is 0 Å². The van der Waals surface area contributed by atoms with Crippen LogP contribution in [0.2, 0.25) is 0 Å². The third-order valence-electron chi connectivity index (χ3n) is 12.6. The summed E-state index contributed by atoms with van der Waals surface area (Å²) in [5.41, 5.74) is 1.89. The van der Waals surface area contributed by atoms with Gasteiger partial charge in [0.05, 0.1) is 0 Å². The SMILES string of the molecule is CCC(C)C(C)(CC(C)(CC)C(C)(C)CC(C)C(C)CC(C)(CC)C(C)C)C(C)(CC)CC. The van der Waals surface area contributed by atoms with Crippen LogP contribution in [0.15, 0.2) is 0 Å². The Morgan fingerprint density at radius 1 is 0.545 bits per heavy atom. The lowest BCUT2D eigenvalue weighted by molar-refractivity contribution is -0.0803. The van der Waals surface area contributed by atoms with E-state index in [2.05, 4.69) is 111 Å². The van der Waals surface area contributed by atoms with Gasteiger partial charge < -0.3 is 0 Å². The second-order valence-corrected chi connectivity index (χ2v) is 14.5. The zero-order valence-corrected chi connectivity index (χ0v) is 26.5. The van der Waals surface area contributed by atoms with Crippen molar-refractivity contribution < 1.29 is 0 Å². The van der Waals surface area contributed by atoms with E-state index in [1.54, 1.807) is 0 Å². The van der Waals surface area contributed by atoms with Gasteiger partial charge >= 0.3 is 0 Å². The molecule has 0 saturated carbocycles. The second kappa shape index (κ2) is 12.3. The predicted molar refractivity (Wildman–Crippen MR) is 154 cm³/mol. The van der Waals surface area contributed by atoms with E-state index >= 15 is 0 Å². The van der Waals surface area contributed by atoms with Crippen molar-refractivity contribution in [3.8, 4) is 0 Å². The van der Waals surface area contributed by atoms with E-state index in [9.17, 15) is 0 Å². The number of hydrogen-bond acceptors (Lipinski definition) is 0. The summed E-state index contributed by atoms with van der Waals surface area (Å²) in [5, 5.41) is 0. The smallest absolute Gasteiger partial charge is 0.0241 e. The van der Waals surface area contributed by atoms with Gasteiger partial charge in [0, 0.05) is 0 Å². The normalized spacial score (nSPS) is 21.7. The van der Waals surface area contributed by atoms with Gasteiger partial charge in [-0.05, 0) is 70.0 Å². The van der Waals surface area contributed by atoms with Crippen LogP contribution in [0.3, 0.4) is 0 Å². The second-order valence-electron chi connectivity index (χ2n) is 14.5. The van der Waals surface area contributed by atoms with Crippen molar-refractivity contribution in [1.82, 2.24) is 0 Å². The first-order chi connectivity index (χ1) is 14.9. The fraction of sp³-hybridized carbons (Fsp3) is 1.00. The van der Waals surface area contributed by atoms with E-state index in [1.165, 1.54) is 51.4 Å². The lowest BCUT2D eigenvalue weighted by Crippen LogP contribution is -2.49. The fourth-order valence-electron chi connectivity index (χ4n) is 7.12. The van der Waals surface area contributed by atoms with Crippen LogP contribution in [-0.4, -0.2) is 0 Å². The molecule has 0 heterocycles. The van der Waals surface area contributed by atoms with Crippen molar-refractivity contribution >= 4 is 0 Å². The summed E-state index contributed by atoms with van der Waals surface area (Å²) in [5.74, 6) is 3.03. The zero-order chi connectivity index (χ0) is 26.5. The Bertz CT molecular complexity index is 552. The van der Waals surface area contributed by atoms with E-state index in [1.807, 2.05) is 0 Å². The Hall–Kier alpha value is 0. The average molecular weight is 465 g/mol. The monoisotopic (exact) mass is 465 g/mol. The molecule has 0 aromatic rings. The molecule has 0 amide bonds. The highest BCUT2D eigenvalue weighted by Crippen LogP contribution is 2.61. The Labute approximate surface area is 212 Å². The zero-order valence-electron chi connectivity index (χ0n) is 26.5. The molecular formula is C33H68. The summed E-state index contributed by atoms with van der Waals surface area (Å²) in [7, 11) is 0. The minimum absolute atomic E-state index is 0.326. The summed E-state index contributed by atoms with van der Waals surface area (Å²) >= 11 is 0. The summed E-state index contributed by atoms with van der Waals surface area (Å²) < 4.78 is 0. The summed E-state index contributed by atoms with van der Waals surface area (Å²) in [6.45, 7) is 40.2. The quantitative estimate of drug-likeness (QED) is 0.213. The molecule has 0 bridgehead atoms. The van der Waals surface area contributed by atoms with E-state index < -0.39 is 0 Å². The molecule has 0 aliphatic rings. The lowest BCUT2D eigenvalue weighted by atomic mass is 9.47. The van der Waals surface area contributed by atoms with Crippen LogP contribution in [0.25, 0.3) is 0 Å². The van der Waals surface area contributed by atoms with Crippen LogP contribution in [0.5, 0.6) is 0 Å². The minimum Gasteiger partial charge on any atom is -0.0651 e. The van der Waals surface area contributed by atoms with E-state index in [4.69, 9.17) is 0 Å². The first-order valence-electron chi connectivity index (χ1n) is 14.9. The topological polar surface area (TPSA) is 0 Å². The van der Waals surface area contributed by atoms with Crippen molar-refractivity contribution in [3.05, 3.63) is 0 Å². The number of rotatable bonds is 16. The molecule has 0 N–H and O–H groups in total. The van der Waals surface area contributed by atoms with Crippen LogP contribution < -0.4 is 0 Å². The minimum atomic E-state index is 0.326. The molecule has 0 aromatic heterocycles. The standard InChI is InChI=1S/C33H68/c1-17-28(10)33(16,31(14,19-3)20-4)24-32(15,21-5)29(11,12)22-26(8)27(9)23-30(13,18-2)25(6)7/h25-28H,17-24H2,1-16H3. The highest BCUT2D eigenvalue weighted by molar-refractivity contribution is 5.01. The highest BCUT2D eigenvalue weighted by atomic mass is 14.6. The molecule has 6 unspecified atom stereocenters. The Morgan fingerprint density at radius 3 is 1.30 bits per heavy atom. The highest BCUT2D eigenvalue weighted by Gasteiger charge is 2.52. The third kappa shape index (κ3) is 7.03. The molecule has 33 heavy (non-hydrogen) atoms. The van der Waals surface area contributed by atoms with Gasteiger partial charge in [-0.1, -0.05) is 143 Å². The summed E-state index contributed by atoms with van der Waals surface area (Å²) in [6, 6.07) is 0. The van der Waals surface area contributed by atoms with Crippen LogP contribution in [0, 0.1) is 50.7 Å². The molecule has 0 rings (SSSR count). The van der Waals surface area contributed by atoms with Gasteiger partial charge in [0.1, 0.15) is 0 Å². The Balaban J connectivity index is 5.99. The van der Waals surface area contributed by atoms with Gasteiger partial charge in [0.25, 0.3) is 0 Å². The van der Waals surface area contributed by atoms with E-state index in [0.717, 1.165) is 23.7 Å². The fourth-order valence-corrected chi connectivity index (χ4v) is 7.12. The van der Waals surface area contributed by atoms with Crippen LogP contribution >= 0.6 is 0 Å².